The van der Waals surface area contributed by atoms with Crippen LogP contribution in [0.1, 0.15) is 11.5 Å². The Balaban J connectivity index is 1.64. The van der Waals surface area contributed by atoms with Gasteiger partial charge in [-0.05, 0) is 25.1 Å². The van der Waals surface area contributed by atoms with Crippen molar-refractivity contribution < 1.29 is 4.74 Å². The van der Waals surface area contributed by atoms with Crippen molar-refractivity contribution in [3.63, 3.8) is 0 Å². The number of aryl methyl sites for hydroxylation is 1. The number of anilines is 1. The number of fused-ring (bicyclic) bond motifs is 1. The van der Waals surface area contributed by atoms with E-state index in [4.69, 9.17) is 4.74 Å². The van der Waals surface area contributed by atoms with Crippen LogP contribution in [0, 0.1) is 6.92 Å². The molecule has 3 heterocycles. The van der Waals surface area contributed by atoms with E-state index in [0.717, 1.165) is 16.8 Å². The Hall–Kier alpha value is -3.88. The topological polar surface area (TPSA) is 103 Å². The molecule has 9 heteroatoms. The Labute approximate surface area is 154 Å². The number of hydrazone groups is 1. The summed E-state index contributed by atoms with van der Waals surface area (Å²) in [6.45, 7) is 1.83. The van der Waals surface area contributed by atoms with Gasteiger partial charge in [-0.25, -0.2) is 24.6 Å². The van der Waals surface area contributed by atoms with Gasteiger partial charge >= 0.3 is 0 Å². The lowest BCUT2D eigenvalue weighted by Crippen LogP contribution is -2.00. The third-order valence-corrected chi connectivity index (χ3v) is 3.83. The van der Waals surface area contributed by atoms with Crippen molar-refractivity contribution >= 4 is 23.1 Å². The van der Waals surface area contributed by atoms with Gasteiger partial charge < -0.3 is 4.74 Å². The molecule has 0 fully saturated rings. The second kappa shape index (κ2) is 7.16. The van der Waals surface area contributed by atoms with E-state index in [1.54, 1.807) is 36.5 Å². The summed E-state index contributed by atoms with van der Waals surface area (Å²) in [5, 5.41) is 9.37. The zero-order valence-corrected chi connectivity index (χ0v) is 14.7. The van der Waals surface area contributed by atoms with Crippen LogP contribution in [0.5, 0.6) is 5.75 Å². The summed E-state index contributed by atoms with van der Waals surface area (Å²) in [6, 6.07) is 9.36. The summed E-state index contributed by atoms with van der Waals surface area (Å²) in [6.07, 6.45) is 6.45. The zero-order valence-electron chi connectivity index (χ0n) is 14.7. The highest BCUT2D eigenvalue weighted by atomic mass is 16.5. The monoisotopic (exact) mass is 360 g/mol. The number of rotatable bonds is 5. The van der Waals surface area contributed by atoms with Crippen molar-refractivity contribution in [2.24, 2.45) is 5.10 Å². The Morgan fingerprint density at radius 2 is 2.11 bits per heavy atom. The van der Waals surface area contributed by atoms with Crippen LogP contribution in [0.2, 0.25) is 0 Å². The van der Waals surface area contributed by atoms with Crippen LogP contribution in [0.3, 0.4) is 0 Å². The number of hydrogen-bond acceptors (Lipinski definition) is 8. The minimum Gasteiger partial charge on any atom is -0.497 e. The molecule has 27 heavy (non-hydrogen) atoms. The van der Waals surface area contributed by atoms with E-state index in [-0.39, 0.29) is 0 Å². The fourth-order valence-corrected chi connectivity index (χ4v) is 2.57. The highest BCUT2D eigenvalue weighted by Crippen LogP contribution is 2.23. The van der Waals surface area contributed by atoms with Crippen molar-refractivity contribution in [3.8, 4) is 11.4 Å². The first-order chi connectivity index (χ1) is 13.2. The molecule has 0 aliphatic carbocycles. The number of aromatic nitrogens is 6. The van der Waals surface area contributed by atoms with Crippen LogP contribution in [0.4, 0.5) is 5.82 Å². The minimum absolute atomic E-state index is 0.552. The van der Waals surface area contributed by atoms with Crippen LogP contribution in [0.25, 0.3) is 16.7 Å². The van der Waals surface area contributed by atoms with E-state index in [1.807, 2.05) is 31.2 Å². The number of methoxy groups -OCH3 is 1. The molecule has 134 valence electrons. The Bertz CT molecular complexity index is 1120. The second-order valence-corrected chi connectivity index (χ2v) is 5.62. The van der Waals surface area contributed by atoms with Gasteiger partial charge in [-0.15, -0.1) is 0 Å². The second-order valence-electron chi connectivity index (χ2n) is 5.62. The molecule has 1 aromatic carbocycles. The SMILES string of the molecule is COc1cccc(-n2ncc3c(N/N=C/c4ccnc(C)n4)ncnc32)c1. The van der Waals surface area contributed by atoms with Gasteiger partial charge in [-0.1, -0.05) is 6.07 Å². The number of nitrogens with zero attached hydrogens (tertiary/aromatic N) is 7. The first kappa shape index (κ1) is 16.6. The highest BCUT2D eigenvalue weighted by molar-refractivity contribution is 5.87. The molecule has 0 aliphatic rings. The Morgan fingerprint density at radius 1 is 1.19 bits per heavy atom. The number of hydrogen-bond donors (Lipinski definition) is 1. The van der Waals surface area contributed by atoms with Crippen molar-refractivity contribution in [2.45, 2.75) is 6.92 Å². The van der Waals surface area contributed by atoms with Crippen LogP contribution in [0.15, 0.2) is 54.2 Å². The van der Waals surface area contributed by atoms with Gasteiger partial charge in [0.25, 0.3) is 0 Å². The summed E-state index contributed by atoms with van der Waals surface area (Å²) in [5.74, 6) is 1.98. The molecular weight excluding hydrogens is 344 g/mol. The van der Waals surface area contributed by atoms with E-state index in [9.17, 15) is 0 Å². The lowest BCUT2D eigenvalue weighted by Gasteiger charge is -2.06. The molecule has 4 rings (SSSR count). The smallest absolute Gasteiger partial charge is 0.168 e. The van der Waals surface area contributed by atoms with Gasteiger partial charge in [0.05, 0.1) is 36.3 Å². The summed E-state index contributed by atoms with van der Waals surface area (Å²) in [4.78, 5) is 16.9. The molecule has 0 saturated carbocycles. The lowest BCUT2D eigenvalue weighted by atomic mass is 10.3. The first-order valence-corrected chi connectivity index (χ1v) is 8.16. The molecule has 1 N–H and O–H groups in total. The number of benzene rings is 1. The summed E-state index contributed by atoms with van der Waals surface area (Å²) in [5.41, 5.74) is 5.13. The van der Waals surface area contributed by atoms with E-state index in [2.05, 4.69) is 35.6 Å². The Kier molecular flexibility index (Phi) is 4.40. The molecule has 0 spiro atoms. The molecule has 0 saturated heterocycles. The normalized spacial score (nSPS) is 11.2. The van der Waals surface area contributed by atoms with Gasteiger partial charge in [0, 0.05) is 12.3 Å². The van der Waals surface area contributed by atoms with Gasteiger partial charge in [-0.2, -0.15) is 10.2 Å². The lowest BCUT2D eigenvalue weighted by molar-refractivity contribution is 0.414. The van der Waals surface area contributed by atoms with E-state index >= 15 is 0 Å². The van der Waals surface area contributed by atoms with Crippen LogP contribution >= 0.6 is 0 Å². The highest BCUT2D eigenvalue weighted by Gasteiger charge is 2.11. The average Bonchev–Trinajstić information content (AvgIpc) is 3.13. The molecule has 0 amide bonds. The summed E-state index contributed by atoms with van der Waals surface area (Å²) >= 11 is 0. The van der Waals surface area contributed by atoms with E-state index in [0.29, 0.717) is 23.0 Å². The fraction of sp³-hybridized carbons (Fsp3) is 0.111. The van der Waals surface area contributed by atoms with Gasteiger partial charge in [0.1, 0.15) is 17.9 Å². The standard InChI is InChI=1S/C18H16N8O/c1-12-19-7-6-13(24-12)9-22-25-17-16-10-23-26(18(16)21-11-20-17)14-4-3-5-15(8-14)27-2/h3-11H,1-2H3,(H,20,21,25)/b22-9+. The fourth-order valence-electron chi connectivity index (χ4n) is 2.57. The molecule has 0 bridgehead atoms. The van der Waals surface area contributed by atoms with E-state index < -0.39 is 0 Å². The van der Waals surface area contributed by atoms with Crippen molar-refractivity contribution in [1.82, 2.24) is 29.7 Å². The quantitative estimate of drug-likeness (QED) is 0.430. The molecule has 9 nitrogen and oxygen atoms in total. The average molecular weight is 360 g/mol. The molecule has 4 aromatic rings. The maximum Gasteiger partial charge on any atom is 0.168 e. The molecule has 3 aromatic heterocycles. The molecule has 0 unspecified atom stereocenters. The largest absolute Gasteiger partial charge is 0.497 e. The molecule has 0 atom stereocenters. The maximum atomic E-state index is 5.28. The summed E-state index contributed by atoms with van der Waals surface area (Å²) < 4.78 is 7.00. The molecular formula is C18H16N8O. The third kappa shape index (κ3) is 3.43. The first-order valence-electron chi connectivity index (χ1n) is 8.16. The van der Waals surface area contributed by atoms with Crippen LogP contribution < -0.4 is 10.2 Å². The molecule has 0 aliphatic heterocycles. The van der Waals surface area contributed by atoms with Gasteiger partial charge in [-0.3, -0.25) is 5.43 Å². The predicted molar refractivity (Wildman–Crippen MR) is 101 cm³/mol. The third-order valence-electron chi connectivity index (χ3n) is 3.83. The maximum absolute atomic E-state index is 5.28. The van der Waals surface area contributed by atoms with Gasteiger partial charge in [0.15, 0.2) is 11.5 Å². The number of ether oxygens (including phenoxy) is 1. The van der Waals surface area contributed by atoms with Gasteiger partial charge in [0.2, 0.25) is 0 Å². The van der Waals surface area contributed by atoms with Crippen LogP contribution in [-0.2, 0) is 0 Å². The van der Waals surface area contributed by atoms with Crippen LogP contribution in [-0.4, -0.2) is 43.0 Å². The zero-order chi connectivity index (χ0) is 18.6. The minimum atomic E-state index is 0.552. The van der Waals surface area contributed by atoms with E-state index in [1.165, 1.54) is 6.33 Å². The predicted octanol–water partition coefficient (Wildman–Crippen LogP) is 2.37. The molecule has 0 radical (unpaired) electrons. The van der Waals surface area contributed by atoms with Crippen molar-refractivity contribution in [1.29, 1.82) is 0 Å². The number of nitrogens with one attached hydrogen (secondary N) is 1. The summed E-state index contributed by atoms with van der Waals surface area (Å²) in [7, 11) is 1.63. The Morgan fingerprint density at radius 3 is 2.96 bits per heavy atom. The van der Waals surface area contributed by atoms with Crippen molar-refractivity contribution in [2.75, 3.05) is 12.5 Å². The van der Waals surface area contributed by atoms with Crippen molar-refractivity contribution in [3.05, 3.63) is 60.6 Å².